The number of hydrogen-bond donors (Lipinski definition) is 0. The van der Waals surface area contributed by atoms with Crippen molar-refractivity contribution in [2.75, 3.05) is 13.1 Å². The number of fused-ring (bicyclic) bond motifs is 1. The van der Waals surface area contributed by atoms with E-state index in [2.05, 4.69) is 32.9 Å². The van der Waals surface area contributed by atoms with Crippen LogP contribution in [0.25, 0.3) is 0 Å². The first-order valence-electron chi connectivity index (χ1n) is 7.95. The maximum absolute atomic E-state index is 8.91. The smallest absolute Gasteiger partial charge is 0.102 e. The fraction of sp³-hybridized carbons (Fsp3) is 0.562. The van der Waals surface area contributed by atoms with E-state index in [9.17, 15) is 0 Å². The molecule has 0 radical (unpaired) electrons. The summed E-state index contributed by atoms with van der Waals surface area (Å²) < 4.78 is 4.02. The molecule has 2 aliphatic rings. The summed E-state index contributed by atoms with van der Waals surface area (Å²) in [5.41, 5.74) is 4.81. The molecule has 22 heavy (non-hydrogen) atoms. The summed E-state index contributed by atoms with van der Waals surface area (Å²) in [5.74, 6) is 0. The SMILES string of the molecule is Cn1nc2c(c1CN1CCC(n3cc(C#N)cn3)C1)CCC2. The summed E-state index contributed by atoms with van der Waals surface area (Å²) in [7, 11) is 2.06. The number of rotatable bonds is 3. The van der Waals surface area contributed by atoms with Gasteiger partial charge in [-0.3, -0.25) is 14.3 Å². The summed E-state index contributed by atoms with van der Waals surface area (Å²) in [6, 6.07) is 2.52. The molecule has 1 atom stereocenters. The van der Waals surface area contributed by atoms with Crippen molar-refractivity contribution in [1.82, 2.24) is 24.5 Å². The molecular formula is C16H20N6. The van der Waals surface area contributed by atoms with Crippen LogP contribution in [0, 0.1) is 11.3 Å². The molecule has 0 spiro atoms. The third kappa shape index (κ3) is 2.22. The van der Waals surface area contributed by atoms with E-state index in [1.54, 1.807) is 6.20 Å². The molecule has 1 saturated heterocycles. The maximum atomic E-state index is 8.91. The van der Waals surface area contributed by atoms with Crippen molar-refractivity contribution >= 4 is 0 Å². The second-order valence-electron chi connectivity index (χ2n) is 6.35. The molecular weight excluding hydrogens is 276 g/mol. The number of aryl methyl sites for hydroxylation is 2. The Balaban J connectivity index is 1.46. The van der Waals surface area contributed by atoms with Crippen LogP contribution in [0.3, 0.4) is 0 Å². The van der Waals surface area contributed by atoms with E-state index in [0.717, 1.165) is 32.5 Å². The molecule has 0 amide bonds. The van der Waals surface area contributed by atoms with Crippen LogP contribution < -0.4 is 0 Å². The lowest BCUT2D eigenvalue weighted by Gasteiger charge is -2.17. The lowest BCUT2D eigenvalue weighted by Crippen LogP contribution is -2.23. The number of nitrogens with zero attached hydrogens (tertiary/aromatic N) is 6. The summed E-state index contributed by atoms with van der Waals surface area (Å²) in [5, 5.41) is 17.9. The van der Waals surface area contributed by atoms with Crippen molar-refractivity contribution < 1.29 is 0 Å². The van der Waals surface area contributed by atoms with Crippen molar-refractivity contribution in [1.29, 1.82) is 5.26 Å². The topological polar surface area (TPSA) is 62.7 Å². The Morgan fingerprint density at radius 3 is 3.14 bits per heavy atom. The number of aromatic nitrogens is 4. The average Bonchev–Trinajstić information content (AvgIpc) is 3.26. The number of likely N-dealkylation sites (tertiary alicyclic amines) is 1. The monoisotopic (exact) mass is 296 g/mol. The van der Waals surface area contributed by atoms with Gasteiger partial charge in [0.2, 0.25) is 0 Å². The standard InChI is InChI=1S/C16H20N6/c1-20-16(14-3-2-4-15(14)19-20)11-21-6-5-13(10-21)22-9-12(7-17)8-18-22/h8-9,13H,2-6,10-11H2,1H3. The van der Waals surface area contributed by atoms with E-state index in [0.29, 0.717) is 11.6 Å². The highest BCUT2D eigenvalue weighted by atomic mass is 15.3. The Morgan fingerprint density at radius 2 is 2.32 bits per heavy atom. The third-order valence-electron chi connectivity index (χ3n) is 4.92. The summed E-state index contributed by atoms with van der Waals surface area (Å²) in [6.07, 6.45) is 8.16. The summed E-state index contributed by atoms with van der Waals surface area (Å²) in [4.78, 5) is 2.48. The van der Waals surface area contributed by atoms with Crippen molar-refractivity contribution in [3.63, 3.8) is 0 Å². The molecule has 0 aromatic carbocycles. The third-order valence-corrected chi connectivity index (χ3v) is 4.92. The quantitative estimate of drug-likeness (QED) is 0.859. The highest BCUT2D eigenvalue weighted by molar-refractivity contribution is 5.30. The first-order valence-corrected chi connectivity index (χ1v) is 7.95. The zero-order valence-electron chi connectivity index (χ0n) is 12.9. The number of hydrogen-bond acceptors (Lipinski definition) is 4. The van der Waals surface area contributed by atoms with E-state index in [4.69, 9.17) is 5.26 Å². The molecule has 1 aliphatic heterocycles. The first kappa shape index (κ1) is 13.5. The fourth-order valence-electron chi connectivity index (χ4n) is 3.76. The summed E-state index contributed by atoms with van der Waals surface area (Å²) in [6.45, 7) is 3.04. The molecule has 2 aromatic rings. The predicted molar refractivity (Wildman–Crippen MR) is 81.1 cm³/mol. The van der Waals surface area contributed by atoms with Gasteiger partial charge < -0.3 is 0 Å². The van der Waals surface area contributed by atoms with E-state index in [-0.39, 0.29) is 0 Å². The van der Waals surface area contributed by atoms with Crippen molar-refractivity contribution in [2.45, 2.75) is 38.3 Å². The Labute approximate surface area is 129 Å². The Bertz CT molecular complexity index is 734. The second kappa shape index (κ2) is 5.25. The molecule has 3 heterocycles. The molecule has 1 fully saturated rings. The fourth-order valence-corrected chi connectivity index (χ4v) is 3.76. The van der Waals surface area contributed by atoms with Crippen LogP contribution in [-0.4, -0.2) is 37.6 Å². The predicted octanol–water partition coefficient (Wildman–Crippen LogP) is 1.42. The van der Waals surface area contributed by atoms with Crippen LogP contribution in [0.1, 0.15) is 41.4 Å². The van der Waals surface area contributed by atoms with Gasteiger partial charge in [-0.1, -0.05) is 0 Å². The van der Waals surface area contributed by atoms with Crippen LogP contribution in [0.4, 0.5) is 0 Å². The van der Waals surface area contributed by atoms with E-state index >= 15 is 0 Å². The molecule has 4 rings (SSSR count). The van der Waals surface area contributed by atoms with Gasteiger partial charge in [-0.15, -0.1) is 0 Å². The van der Waals surface area contributed by atoms with Gasteiger partial charge in [0.25, 0.3) is 0 Å². The Morgan fingerprint density at radius 1 is 1.41 bits per heavy atom. The van der Waals surface area contributed by atoms with Crippen LogP contribution >= 0.6 is 0 Å². The van der Waals surface area contributed by atoms with Crippen molar-refractivity contribution in [3.8, 4) is 6.07 Å². The average molecular weight is 296 g/mol. The minimum absolute atomic E-state index is 0.378. The van der Waals surface area contributed by atoms with Gasteiger partial charge in [-0.25, -0.2) is 0 Å². The maximum Gasteiger partial charge on any atom is 0.102 e. The largest absolute Gasteiger partial charge is 0.295 e. The van der Waals surface area contributed by atoms with Gasteiger partial charge in [0, 0.05) is 32.9 Å². The van der Waals surface area contributed by atoms with E-state index < -0.39 is 0 Å². The molecule has 0 saturated carbocycles. The van der Waals surface area contributed by atoms with Crippen LogP contribution in [-0.2, 0) is 26.4 Å². The first-order chi connectivity index (χ1) is 10.7. The van der Waals surface area contributed by atoms with Gasteiger partial charge in [-0.05, 0) is 31.2 Å². The van der Waals surface area contributed by atoms with Gasteiger partial charge >= 0.3 is 0 Å². The lowest BCUT2D eigenvalue weighted by molar-refractivity contribution is 0.302. The molecule has 1 unspecified atom stereocenters. The van der Waals surface area contributed by atoms with Crippen molar-refractivity contribution in [3.05, 3.63) is 34.9 Å². The summed E-state index contributed by atoms with van der Waals surface area (Å²) >= 11 is 0. The zero-order valence-corrected chi connectivity index (χ0v) is 12.9. The molecule has 114 valence electrons. The Hall–Kier alpha value is -2.13. The molecule has 0 N–H and O–H groups in total. The molecule has 0 bridgehead atoms. The van der Waals surface area contributed by atoms with Crippen LogP contribution in [0.5, 0.6) is 0 Å². The highest BCUT2D eigenvalue weighted by Gasteiger charge is 2.28. The van der Waals surface area contributed by atoms with Crippen LogP contribution in [0.2, 0.25) is 0 Å². The van der Waals surface area contributed by atoms with Crippen LogP contribution in [0.15, 0.2) is 12.4 Å². The normalized spacial score (nSPS) is 21.2. The van der Waals surface area contributed by atoms with Gasteiger partial charge in [0.15, 0.2) is 0 Å². The van der Waals surface area contributed by atoms with E-state index in [1.807, 2.05) is 10.9 Å². The molecule has 1 aliphatic carbocycles. The molecule has 6 nitrogen and oxygen atoms in total. The highest BCUT2D eigenvalue weighted by Crippen LogP contribution is 2.28. The zero-order chi connectivity index (χ0) is 15.1. The van der Waals surface area contributed by atoms with Gasteiger partial charge in [0.05, 0.1) is 29.2 Å². The minimum atomic E-state index is 0.378. The minimum Gasteiger partial charge on any atom is -0.295 e. The lowest BCUT2D eigenvalue weighted by atomic mass is 10.2. The van der Waals surface area contributed by atoms with E-state index in [1.165, 1.54) is 29.8 Å². The molecule has 2 aromatic heterocycles. The number of nitriles is 1. The molecule has 6 heteroatoms. The van der Waals surface area contributed by atoms with Gasteiger partial charge in [-0.2, -0.15) is 15.5 Å². The van der Waals surface area contributed by atoms with Crippen molar-refractivity contribution in [2.24, 2.45) is 7.05 Å². The Kier molecular flexibility index (Phi) is 3.23. The van der Waals surface area contributed by atoms with Gasteiger partial charge in [0.1, 0.15) is 6.07 Å². The second-order valence-corrected chi connectivity index (χ2v) is 6.35.